The Bertz CT molecular complexity index is 773. The third-order valence-electron chi connectivity index (χ3n) is 3.61. The molecule has 2 rings (SSSR count). The average molecular weight is 549 g/mol. The van der Waals surface area contributed by atoms with Gasteiger partial charge in [0.05, 0.1) is 0 Å². The molecule has 2 aromatic carbocycles. The van der Waals surface area contributed by atoms with Gasteiger partial charge in [0.15, 0.2) is 5.96 Å². The van der Waals surface area contributed by atoms with Crippen LogP contribution < -0.4 is 16.0 Å². The first-order valence-electron chi connectivity index (χ1n) is 8.31. The summed E-state index contributed by atoms with van der Waals surface area (Å²) in [6.45, 7) is 1.64. The number of nitrogens with one attached hydrogen (secondary N) is 3. The number of guanidine groups is 1. The number of carbonyl (C=O) groups is 1. The Morgan fingerprint density at radius 2 is 1.74 bits per heavy atom. The van der Waals surface area contributed by atoms with Crippen molar-refractivity contribution in [2.24, 2.45) is 4.99 Å². The zero-order valence-corrected chi connectivity index (χ0v) is 18.9. The fourth-order valence-corrected chi connectivity index (χ4v) is 2.73. The van der Waals surface area contributed by atoms with Crippen LogP contribution in [-0.4, -0.2) is 38.5 Å². The Hall–Kier alpha value is -1.68. The van der Waals surface area contributed by atoms with E-state index in [-0.39, 0.29) is 35.7 Å². The third kappa shape index (κ3) is 8.70. The van der Waals surface area contributed by atoms with Gasteiger partial charge < -0.3 is 16.0 Å². The van der Waals surface area contributed by atoms with Gasteiger partial charge in [-0.3, -0.25) is 9.79 Å². The van der Waals surface area contributed by atoms with Crippen LogP contribution in [0, 0.1) is 5.82 Å². The molecule has 27 heavy (non-hydrogen) atoms. The highest BCUT2D eigenvalue weighted by Crippen LogP contribution is 2.11. The van der Waals surface area contributed by atoms with Crippen LogP contribution in [0.5, 0.6) is 0 Å². The molecule has 0 bridgehead atoms. The molecule has 0 aliphatic heterocycles. The molecule has 0 aliphatic carbocycles. The second-order valence-corrected chi connectivity index (χ2v) is 6.49. The van der Waals surface area contributed by atoms with Crippen molar-refractivity contribution in [1.29, 1.82) is 0 Å². The molecule has 0 spiro atoms. The van der Waals surface area contributed by atoms with E-state index in [1.54, 1.807) is 25.2 Å². The van der Waals surface area contributed by atoms with Crippen molar-refractivity contribution >= 4 is 51.8 Å². The second kappa shape index (κ2) is 12.7. The molecule has 2 aromatic rings. The highest BCUT2D eigenvalue weighted by atomic mass is 127. The lowest BCUT2D eigenvalue weighted by Crippen LogP contribution is -2.42. The summed E-state index contributed by atoms with van der Waals surface area (Å²) in [7, 11) is 1.68. The van der Waals surface area contributed by atoms with Gasteiger partial charge in [-0.15, -0.1) is 24.0 Å². The van der Waals surface area contributed by atoms with Crippen molar-refractivity contribution in [3.63, 3.8) is 0 Å². The van der Waals surface area contributed by atoms with Gasteiger partial charge in [-0.25, -0.2) is 4.39 Å². The van der Waals surface area contributed by atoms with E-state index in [2.05, 4.69) is 36.9 Å². The van der Waals surface area contributed by atoms with Crippen LogP contribution in [0.1, 0.15) is 15.9 Å². The molecule has 5 nitrogen and oxygen atoms in total. The van der Waals surface area contributed by atoms with E-state index < -0.39 is 0 Å². The molecule has 146 valence electrons. The smallest absolute Gasteiger partial charge is 0.251 e. The number of rotatable bonds is 7. The first-order valence-corrected chi connectivity index (χ1v) is 9.10. The number of aliphatic imine (C=N–C) groups is 1. The highest BCUT2D eigenvalue weighted by Gasteiger charge is 2.05. The van der Waals surface area contributed by atoms with Crippen LogP contribution in [0.4, 0.5) is 4.39 Å². The summed E-state index contributed by atoms with van der Waals surface area (Å²) >= 11 is 3.35. The molecule has 0 fully saturated rings. The Morgan fingerprint density at radius 3 is 2.44 bits per heavy atom. The molecule has 0 aromatic heterocycles. The quantitative estimate of drug-likeness (QED) is 0.215. The van der Waals surface area contributed by atoms with Crippen molar-refractivity contribution in [2.45, 2.75) is 6.42 Å². The molecule has 0 unspecified atom stereocenters. The number of halogens is 3. The summed E-state index contributed by atoms with van der Waals surface area (Å²) in [6, 6.07) is 13.8. The third-order valence-corrected chi connectivity index (χ3v) is 4.10. The van der Waals surface area contributed by atoms with Gasteiger partial charge in [-0.1, -0.05) is 34.1 Å². The Kier molecular flexibility index (Phi) is 11.0. The molecule has 3 N–H and O–H groups in total. The molecule has 8 heteroatoms. The van der Waals surface area contributed by atoms with E-state index in [1.807, 2.05) is 18.2 Å². The lowest BCUT2D eigenvalue weighted by atomic mass is 10.1. The lowest BCUT2D eigenvalue weighted by Gasteiger charge is -2.12. The van der Waals surface area contributed by atoms with Gasteiger partial charge in [-0.2, -0.15) is 0 Å². The molecule has 0 saturated heterocycles. The number of nitrogens with zero attached hydrogens (tertiary/aromatic N) is 1. The minimum absolute atomic E-state index is 0. The maximum Gasteiger partial charge on any atom is 0.251 e. The minimum atomic E-state index is -0.230. The number of carbonyl (C=O) groups excluding carboxylic acids is 1. The molecule has 0 atom stereocenters. The standard InChI is InChI=1S/C19H22BrFN4O.HI/c1-22-19(24-9-8-14-4-2-7-17(21)12-14)25-11-10-23-18(26)15-5-3-6-16(20)13-15;/h2-7,12-13H,8-11H2,1H3,(H,23,26)(H2,22,24,25);1H. The Labute approximate surface area is 184 Å². The Morgan fingerprint density at radius 1 is 1.04 bits per heavy atom. The van der Waals surface area contributed by atoms with E-state index in [4.69, 9.17) is 0 Å². The van der Waals surface area contributed by atoms with Gasteiger partial charge in [0.1, 0.15) is 5.82 Å². The number of hydrogen-bond acceptors (Lipinski definition) is 2. The van der Waals surface area contributed by atoms with Crippen molar-refractivity contribution in [1.82, 2.24) is 16.0 Å². The number of hydrogen-bond donors (Lipinski definition) is 3. The summed E-state index contributed by atoms with van der Waals surface area (Å²) in [5.74, 6) is 0.284. The van der Waals surface area contributed by atoms with E-state index in [1.165, 1.54) is 12.1 Å². The summed E-state index contributed by atoms with van der Waals surface area (Å²) < 4.78 is 14.0. The van der Waals surface area contributed by atoms with Crippen LogP contribution in [0.2, 0.25) is 0 Å². The second-order valence-electron chi connectivity index (χ2n) is 5.57. The summed E-state index contributed by atoms with van der Waals surface area (Å²) in [5.41, 5.74) is 1.53. The maximum absolute atomic E-state index is 13.1. The number of benzene rings is 2. The van der Waals surface area contributed by atoms with E-state index in [0.29, 0.717) is 37.6 Å². The summed E-state index contributed by atoms with van der Waals surface area (Å²) in [5, 5.41) is 9.14. The van der Waals surface area contributed by atoms with Crippen LogP contribution >= 0.6 is 39.9 Å². The average Bonchev–Trinajstić information content (AvgIpc) is 2.63. The van der Waals surface area contributed by atoms with Crippen molar-refractivity contribution < 1.29 is 9.18 Å². The van der Waals surface area contributed by atoms with Gasteiger partial charge in [0.25, 0.3) is 5.91 Å². The zero-order valence-electron chi connectivity index (χ0n) is 15.0. The monoisotopic (exact) mass is 548 g/mol. The molecule has 1 amide bonds. The molecule has 0 aliphatic rings. The van der Waals surface area contributed by atoms with Crippen molar-refractivity contribution in [3.05, 3.63) is 69.9 Å². The van der Waals surface area contributed by atoms with Crippen molar-refractivity contribution in [3.8, 4) is 0 Å². The fourth-order valence-electron chi connectivity index (χ4n) is 2.33. The van der Waals surface area contributed by atoms with Crippen LogP contribution in [0.15, 0.2) is 58.0 Å². The van der Waals surface area contributed by atoms with Crippen LogP contribution in [0.25, 0.3) is 0 Å². The van der Waals surface area contributed by atoms with Crippen molar-refractivity contribution in [2.75, 3.05) is 26.7 Å². The first-order chi connectivity index (χ1) is 12.6. The molecular weight excluding hydrogens is 526 g/mol. The van der Waals surface area contributed by atoms with Gasteiger partial charge in [0.2, 0.25) is 0 Å². The normalized spacial score (nSPS) is 10.7. The highest BCUT2D eigenvalue weighted by molar-refractivity contribution is 14.0. The Balaban J connectivity index is 0.00000364. The lowest BCUT2D eigenvalue weighted by molar-refractivity contribution is 0.0954. The van der Waals surface area contributed by atoms with E-state index in [0.717, 1.165) is 10.0 Å². The largest absolute Gasteiger partial charge is 0.356 e. The van der Waals surface area contributed by atoms with Crippen LogP contribution in [-0.2, 0) is 6.42 Å². The summed E-state index contributed by atoms with van der Waals surface area (Å²) in [4.78, 5) is 16.2. The fraction of sp³-hybridized carbons (Fsp3) is 0.263. The first kappa shape index (κ1) is 23.4. The van der Waals surface area contributed by atoms with Crippen LogP contribution in [0.3, 0.4) is 0 Å². The maximum atomic E-state index is 13.1. The van der Waals surface area contributed by atoms with Gasteiger partial charge >= 0.3 is 0 Å². The zero-order chi connectivity index (χ0) is 18.8. The summed E-state index contributed by atoms with van der Waals surface area (Å²) in [6.07, 6.45) is 0.693. The SMILES string of the molecule is CN=C(NCCNC(=O)c1cccc(Br)c1)NCCc1cccc(F)c1.I. The molecule has 0 heterocycles. The minimum Gasteiger partial charge on any atom is -0.356 e. The van der Waals surface area contributed by atoms with E-state index in [9.17, 15) is 9.18 Å². The number of amides is 1. The molecule has 0 radical (unpaired) electrons. The van der Waals surface area contributed by atoms with E-state index >= 15 is 0 Å². The topological polar surface area (TPSA) is 65.5 Å². The predicted octanol–water partition coefficient (Wildman–Crippen LogP) is 3.34. The molecule has 0 saturated carbocycles. The predicted molar refractivity (Wildman–Crippen MR) is 121 cm³/mol. The van der Waals surface area contributed by atoms with Gasteiger partial charge in [-0.05, 0) is 42.3 Å². The molecular formula is C19H23BrFIN4O. The van der Waals surface area contributed by atoms with Gasteiger partial charge in [0, 0.05) is 36.7 Å².